The Balaban J connectivity index is 1.60. The molecule has 0 saturated heterocycles. The minimum atomic E-state index is -3.12. The van der Waals surface area contributed by atoms with Crippen LogP contribution >= 0.6 is 11.3 Å². The fourth-order valence-corrected chi connectivity index (χ4v) is 5.07. The molecule has 164 valence electrons. The number of aromatic nitrogens is 2. The summed E-state index contributed by atoms with van der Waals surface area (Å²) in [7, 11) is 1.52. The molecule has 1 N–H and O–H groups in total. The van der Waals surface area contributed by atoms with Crippen LogP contribution in [0.15, 0.2) is 30.3 Å². The lowest BCUT2D eigenvalue weighted by Crippen LogP contribution is -2.17. The number of thiazole rings is 1. The lowest BCUT2D eigenvalue weighted by atomic mass is 9.83. The van der Waals surface area contributed by atoms with Gasteiger partial charge in [0.15, 0.2) is 0 Å². The molecule has 1 fully saturated rings. The van der Waals surface area contributed by atoms with E-state index in [1.165, 1.54) is 38.2 Å². The lowest BCUT2D eigenvalue weighted by Gasteiger charge is -2.24. The monoisotopic (exact) mass is 445 g/mol. The van der Waals surface area contributed by atoms with E-state index in [0.717, 1.165) is 40.9 Å². The molecule has 0 bridgehead atoms. The van der Waals surface area contributed by atoms with Crippen molar-refractivity contribution in [3.05, 3.63) is 46.7 Å². The van der Waals surface area contributed by atoms with E-state index in [1.54, 1.807) is 17.4 Å². The third-order valence-electron chi connectivity index (χ3n) is 5.77. The highest BCUT2D eigenvalue weighted by Gasteiger charge is 2.27. The van der Waals surface area contributed by atoms with Crippen LogP contribution in [0.4, 0.5) is 14.5 Å². The molecule has 1 aromatic carbocycles. The molecule has 31 heavy (non-hydrogen) atoms. The number of halogens is 2. The summed E-state index contributed by atoms with van der Waals surface area (Å²) in [4.78, 5) is 21.3. The molecular formula is C23H25F2N3O2S. The first-order valence-electron chi connectivity index (χ1n) is 10.4. The van der Waals surface area contributed by atoms with Crippen molar-refractivity contribution in [2.75, 3.05) is 12.4 Å². The summed E-state index contributed by atoms with van der Waals surface area (Å²) in [6.07, 6.45) is 4.72. The maximum absolute atomic E-state index is 13.6. The minimum absolute atomic E-state index is 0.0810. The van der Waals surface area contributed by atoms with Crippen molar-refractivity contribution in [1.82, 2.24) is 9.97 Å². The van der Waals surface area contributed by atoms with Gasteiger partial charge in [-0.1, -0.05) is 25.8 Å². The Bertz CT molecular complexity index is 1100. The van der Waals surface area contributed by atoms with E-state index in [2.05, 4.69) is 17.2 Å². The second-order valence-electron chi connectivity index (χ2n) is 8.28. The fourth-order valence-electron chi connectivity index (χ4n) is 3.91. The predicted octanol–water partition coefficient (Wildman–Crippen LogP) is 6.36. The van der Waals surface area contributed by atoms with Crippen LogP contribution in [0.5, 0.6) is 5.75 Å². The van der Waals surface area contributed by atoms with Gasteiger partial charge in [0.05, 0.1) is 28.0 Å². The number of carbonyl (C=O) groups excluding carboxylic acids is 1. The molecule has 1 aliphatic rings. The number of pyridine rings is 1. The quantitative estimate of drug-likeness (QED) is 0.496. The van der Waals surface area contributed by atoms with E-state index in [0.29, 0.717) is 17.4 Å². The zero-order chi connectivity index (χ0) is 22.2. The van der Waals surface area contributed by atoms with Crippen LogP contribution in [0.2, 0.25) is 0 Å². The molecule has 2 heterocycles. The molecule has 0 aliphatic heterocycles. The van der Waals surface area contributed by atoms with Crippen molar-refractivity contribution in [2.24, 2.45) is 5.92 Å². The van der Waals surface area contributed by atoms with E-state index in [-0.39, 0.29) is 5.69 Å². The summed E-state index contributed by atoms with van der Waals surface area (Å²) in [6, 6.07) is 7.64. The summed E-state index contributed by atoms with van der Waals surface area (Å²) in [6.45, 7) is 3.04. The Kier molecular flexibility index (Phi) is 5.92. The number of benzene rings is 1. The smallest absolute Gasteiger partial charge is 0.287 e. The molecule has 5 nitrogen and oxygen atoms in total. The van der Waals surface area contributed by atoms with Crippen molar-refractivity contribution in [3.8, 4) is 5.75 Å². The third kappa shape index (κ3) is 4.69. The molecule has 0 unspecified atom stereocenters. The predicted molar refractivity (Wildman–Crippen MR) is 118 cm³/mol. The van der Waals surface area contributed by atoms with Crippen LogP contribution in [0.1, 0.15) is 66.6 Å². The van der Waals surface area contributed by atoms with Gasteiger partial charge in [-0.25, -0.2) is 9.97 Å². The molecule has 1 aliphatic carbocycles. The van der Waals surface area contributed by atoms with Crippen molar-refractivity contribution >= 4 is 33.1 Å². The zero-order valence-electron chi connectivity index (χ0n) is 17.7. The highest BCUT2D eigenvalue weighted by molar-refractivity contribution is 7.18. The van der Waals surface area contributed by atoms with Crippen molar-refractivity contribution in [2.45, 2.75) is 51.4 Å². The van der Waals surface area contributed by atoms with E-state index in [9.17, 15) is 13.6 Å². The van der Waals surface area contributed by atoms with E-state index < -0.39 is 17.5 Å². The largest absolute Gasteiger partial charge is 0.494 e. The van der Waals surface area contributed by atoms with Crippen LogP contribution in [-0.2, 0) is 5.92 Å². The number of methoxy groups -OCH3 is 1. The highest BCUT2D eigenvalue weighted by atomic mass is 32.1. The van der Waals surface area contributed by atoms with Crippen LogP contribution in [0.25, 0.3) is 10.2 Å². The number of ether oxygens (including phenoxy) is 1. The van der Waals surface area contributed by atoms with Crippen LogP contribution in [-0.4, -0.2) is 23.0 Å². The number of nitrogens with one attached hydrogen (secondary N) is 1. The zero-order valence-corrected chi connectivity index (χ0v) is 18.6. The standard InChI is InChI=1S/C23H25F2N3O2S/c1-13-7-9-14(10-8-13)22-28-17-11-18(30-3)16(12-19(17)31-22)27-21(29)15-5-4-6-20(26-15)23(2,24)25/h4-6,11-14H,7-10H2,1-3H3,(H,27,29)/t13-,14-. The Hall–Kier alpha value is -2.61. The van der Waals surface area contributed by atoms with Crippen LogP contribution in [0, 0.1) is 5.92 Å². The number of nitrogens with zero attached hydrogens (tertiary/aromatic N) is 2. The Labute approximate surface area is 183 Å². The minimum Gasteiger partial charge on any atom is -0.494 e. The number of carbonyl (C=O) groups is 1. The summed E-state index contributed by atoms with van der Waals surface area (Å²) in [5.41, 5.74) is 0.765. The van der Waals surface area contributed by atoms with Gasteiger partial charge in [-0.3, -0.25) is 4.79 Å². The molecule has 1 saturated carbocycles. The van der Waals surface area contributed by atoms with Crippen molar-refractivity contribution in [3.63, 3.8) is 0 Å². The first kappa shape index (κ1) is 21.6. The molecular weight excluding hydrogens is 420 g/mol. The van der Waals surface area contributed by atoms with Crippen molar-refractivity contribution < 1.29 is 18.3 Å². The topological polar surface area (TPSA) is 64.1 Å². The Morgan fingerprint density at radius 3 is 2.61 bits per heavy atom. The van der Waals surface area contributed by atoms with E-state index in [4.69, 9.17) is 9.72 Å². The molecule has 8 heteroatoms. The molecule has 4 rings (SSSR count). The summed E-state index contributed by atoms with van der Waals surface area (Å²) >= 11 is 1.63. The van der Waals surface area contributed by atoms with Crippen molar-refractivity contribution in [1.29, 1.82) is 0 Å². The average molecular weight is 446 g/mol. The van der Waals surface area contributed by atoms with Gasteiger partial charge in [0, 0.05) is 18.9 Å². The second kappa shape index (κ2) is 8.49. The van der Waals surface area contributed by atoms with Gasteiger partial charge in [-0.05, 0) is 37.0 Å². The number of alkyl halides is 2. The number of hydrogen-bond donors (Lipinski definition) is 1. The number of amides is 1. The maximum atomic E-state index is 13.6. The Morgan fingerprint density at radius 1 is 1.19 bits per heavy atom. The lowest BCUT2D eigenvalue weighted by molar-refractivity contribution is 0.0126. The highest BCUT2D eigenvalue weighted by Crippen LogP contribution is 2.41. The van der Waals surface area contributed by atoms with Gasteiger partial charge in [0.2, 0.25) is 0 Å². The average Bonchev–Trinajstić information content (AvgIpc) is 3.16. The van der Waals surface area contributed by atoms with Gasteiger partial charge in [0.1, 0.15) is 17.1 Å². The first-order chi connectivity index (χ1) is 14.7. The molecule has 0 spiro atoms. The summed E-state index contributed by atoms with van der Waals surface area (Å²) in [5, 5.41) is 3.87. The van der Waals surface area contributed by atoms with Gasteiger partial charge < -0.3 is 10.1 Å². The fraction of sp³-hybridized carbons (Fsp3) is 0.435. The SMILES string of the molecule is COc1cc2nc([C@H]3CC[C@H](C)CC3)sc2cc1NC(=O)c1cccc(C(C)(F)F)n1. The normalized spacial score (nSPS) is 19.4. The molecule has 2 aromatic heterocycles. The maximum Gasteiger partial charge on any atom is 0.287 e. The molecule has 1 amide bonds. The molecule has 0 atom stereocenters. The summed E-state index contributed by atoms with van der Waals surface area (Å²) < 4.78 is 33.5. The first-order valence-corrected chi connectivity index (χ1v) is 11.2. The van der Waals surface area contributed by atoms with Gasteiger partial charge in [-0.2, -0.15) is 8.78 Å². The van der Waals surface area contributed by atoms with E-state index >= 15 is 0 Å². The van der Waals surface area contributed by atoms with Gasteiger partial charge in [0.25, 0.3) is 11.8 Å². The Morgan fingerprint density at radius 2 is 1.94 bits per heavy atom. The summed E-state index contributed by atoms with van der Waals surface area (Å²) in [5.74, 6) is -1.99. The van der Waals surface area contributed by atoms with Crippen LogP contribution in [0.3, 0.4) is 0 Å². The van der Waals surface area contributed by atoms with E-state index in [1.807, 2.05) is 6.07 Å². The molecule has 3 aromatic rings. The molecule has 0 radical (unpaired) electrons. The van der Waals surface area contributed by atoms with Gasteiger partial charge >= 0.3 is 0 Å². The van der Waals surface area contributed by atoms with Gasteiger partial charge in [-0.15, -0.1) is 11.3 Å². The number of fused-ring (bicyclic) bond motifs is 1. The number of rotatable bonds is 5. The number of anilines is 1. The number of hydrogen-bond acceptors (Lipinski definition) is 5. The third-order valence-corrected chi connectivity index (χ3v) is 6.95. The van der Waals surface area contributed by atoms with Crippen LogP contribution < -0.4 is 10.1 Å². The second-order valence-corrected chi connectivity index (χ2v) is 9.34.